The molecule has 3 saturated heterocycles. The van der Waals surface area contributed by atoms with Crippen molar-refractivity contribution in [3.63, 3.8) is 0 Å². The second kappa shape index (κ2) is 19.8. The predicted octanol–water partition coefficient (Wildman–Crippen LogP) is -0.406. The van der Waals surface area contributed by atoms with Gasteiger partial charge in [-0.15, -0.1) is 0 Å². The van der Waals surface area contributed by atoms with E-state index in [4.69, 9.17) is 28.4 Å². The number of hydrogen-bond acceptors (Lipinski definition) is 19. The Hall–Kier alpha value is -1.96. The van der Waals surface area contributed by atoms with Crippen LogP contribution in [0.4, 0.5) is 0 Å². The molecule has 4 saturated carbocycles. The van der Waals surface area contributed by atoms with Gasteiger partial charge in [0.05, 0.1) is 30.8 Å². The summed E-state index contributed by atoms with van der Waals surface area (Å²) in [5.74, 6) is -2.96. The smallest absolute Gasteiger partial charge is 0.340 e. The Morgan fingerprint density at radius 2 is 1.31 bits per heavy atom. The summed E-state index contributed by atoms with van der Waals surface area (Å²) in [5, 5.41) is 130. The second-order valence-electron chi connectivity index (χ2n) is 22.4. The fourth-order valence-corrected chi connectivity index (χ4v) is 14.5. The minimum absolute atomic E-state index is 0.0369. The number of carboxylic acids is 1. The highest BCUT2D eigenvalue weighted by molar-refractivity contribution is 5.80. The zero-order valence-corrected chi connectivity index (χ0v) is 40.2. The minimum atomic E-state index is -2.11. The molecule has 0 bridgehead atoms. The van der Waals surface area contributed by atoms with Gasteiger partial charge in [0.1, 0.15) is 67.1 Å². The molecule has 3 heterocycles. The Labute approximate surface area is 397 Å². The first-order chi connectivity index (χ1) is 31.7. The average molecular weight is 975 g/mol. The molecule has 7 rings (SSSR count). The maximum Gasteiger partial charge on any atom is 0.340 e. The molecule has 7 fully saturated rings. The van der Waals surface area contributed by atoms with Crippen molar-refractivity contribution in [2.24, 2.45) is 45.3 Å². The number of rotatable bonds is 13. The van der Waals surface area contributed by atoms with E-state index in [1.54, 1.807) is 6.92 Å². The normalized spacial score (nSPS) is 51.3. The van der Waals surface area contributed by atoms with Crippen LogP contribution in [-0.2, 0) is 38.0 Å². The molecule has 20 heteroatoms. The standard InChI is InChI=1S/C48H78O20/c1-21(2)9-8-15-48(62,24-12-17-45(5)23(24)10-11-27-44(4)16-14-29(50)47(7,42(59)60)28(44)13-18-46(27,45)6)43(61)68-40-37(58)34(55)32(53)26(66-40)20-63-41-38(35(56)30(51)22(3)64-41)67-39-36(57)33(54)31(52)25(19-49)65-39/h9,22-41,49-58,62H,8,10-20H2,1-7H3,(H,59,60)/t22-,23+,24-,25+,26+,27+,28+,29-,30-,31+,32+,33-,34-,35+,36+,37+,38+,39-,40-,41+,44+,45+,46+,47+,48-/m0/s1. The van der Waals surface area contributed by atoms with E-state index in [1.807, 2.05) is 19.9 Å². The highest BCUT2D eigenvalue weighted by Gasteiger charge is 2.72. The van der Waals surface area contributed by atoms with E-state index in [0.717, 1.165) is 12.0 Å². The summed E-state index contributed by atoms with van der Waals surface area (Å²) in [4.78, 5) is 27.6. The van der Waals surface area contributed by atoms with Gasteiger partial charge in [0.2, 0.25) is 6.29 Å². The first-order valence-corrected chi connectivity index (χ1v) is 24.5. The van der Waals surface area contributed by atoms with Gasteiger partial charge >= 0.3 is 11.9 Å². The molecule has 0 amide bonds. The minimum Gasteiger partial charge on any atom is -0.481 e. The molecular formula is C48H78O20. The topological polar surface area (TPSA) is 332 Å². The molecule has 12 N–H and O–H groups in total. The Bertz CT molecular complexity index is 1830. The SMILES string of the molecule is CC(C)=CCC[C@@](O)(C(=O)O[C@@H]1O[C@H](CO[C@@H]2O[C@@H](C)[C@H](O)[C@@H](O)[C@H]2O[C@@H]2O[C@H](CO)[C@@H](O)[C@H](O)[C@H]2O)[C@@H](O)[C@H](O)[C@H]1O)[C@H]1CC[C@]2(C)[C@@H]1CC[C@@H]1[C@@]3(C)CC[C@H](O)[C@](C)(C(=O)O)[C@@H]3CC[C@]12C. The highest BCUT2D eigenvalue weighted by atomic mass is 16.8. The predicted molar refractivity (Wildman–Crippen MR) is 234 cm³/mol. The maximum absolute atomic E-state index is 14.7. The largest absolute Gasteiger partial charge is 0.481 e. The van der Waals surface area contributed by atoms with Gasteiger partial charge in [-0.05, 0) is 126 Å². The van der Waals surface area contributed by atoms with Gasteiger partial charge in [0, 0.05) is 5.92 Å². The van der Waals surface area contributed by atoms with Gasteiger partial charge in [-0.3, -0.25) is 4.79 Å². The molecule has 3 aliphatic heterocycles. The van der Waals surface area contributed by atoms with Crippen LogP contribution in [0.5, 0.6) is 0 Å². The van der Waals surface area contributed by atoms with E-state index in [1.165, 1.54) is 6.92 Å². The number of ether oxygens (including phenoxy) is 6. The van der Waals surface area contributed by atoms with E-state index >= 15 is 0 Å². The van der Waals surface area contributed by atoms with Crippen LogP contribution in [0.3, 0.4) is 0 Å². The number of hydrogen-bond donors (Lipinski definition) is 12. The van der Waals surface area contributed by atoms with Crippen LogP contribution in [0.2, 0.25) is 0 Å². The van der Waals surface area contributed by atoms with E-state index in [-0.39, 0.29) is 40.4 Å². The van der Waals surface area contributed by atoms with Crippen molar-refractivity contribution in [3.05, 3.63) is 11.6 Å². The van der Waals surface area contributed by atoms with Crippen LogP contribution >= 0.6 is 0 Å². The van der Waals surface area contributed by atoms with Crippen LogP contribution in [0.15, 0.2) is 11.6 Å². The average Bonchev–Trinajstić information content (AvgIpc) is 3.65. The summed E-state index contributed by atoms with van der Waals surface area (Å²) in [6.45, 7) is 12.2. The summed E-state index contributed by atoms with van der Waals surface area (Å²) in [7, 11) is 0. The highest BCUT2D eigenvalue weighted by Crippen LogP contribution is 2.76. The van der Waals surface area contributed by atoms with Crippen molar-refractivity contribution in [2.45, 2.75) is 216 Å². The molecule has 0 aromatic rings. The Balaban J connectivity index is 1.09. The van der Waals surface area contributed by atoms with E-state index in [0.29, 0.717) is 51.4 Å². The van der Waals surface area contributed by atoms with E-state index < -0.39 is 140 Å². The number of aliphatic hydroxyl groups is 11. The molecule has 0 unspecified atom stereocenters. The third-order valence-electron chi connectivity index (χ3n) is 18.8. The van der Waals surface area contributed by atoms with Gasteiger partial charge < -0.3 is 89.7 Å². The number of allylic oxidation sites excluding steroid dienone is 2. The number of aliphatic hydroxyl groups excluding tert-OH is 10. The lowest BCUT2D eigenvalue weighted by Gasteiger charge is -2.69. The van der Waals surface area contributed by atoms with E-state index in [9.17, 15) is 70.9 Å². The van der Waals surface area contributed by atoms with Gasteiger partial charge in [-0.1, -0.05) is 32.4 Å². The van der Waals surface area contributed by atoms with Crippen molar-refractivity contribution in [2.75, 3.05) is 13.2 Å². The molecule has 25 atom stereocenters. The summed E-state index contributed by atoms with van der Waals surface area (Å²) >= 11 is 0. The van der Waals surface area contributed by atoms with Gasteiger partial charge in [0.15, 0.2) is 18.2 Å². The first kappa shape index (κ1) is 53.8. The quantitative estimate of drug-likeness (QED) is 0.0825. The maximum atomic E-state index is 14.7. The Morgan fingerprint density at radius 1 is 0.691 bits per heavy atom. The first-order valence-electron chi connectivity index (χ1n) is 24.5. The Kier molecular flexibility index (Phi) is 15.7. The molecule has 7 aliphatic rings. The third-order valence-corrected chi connectivity index (χ3v) is 18.8. The monoisotopic (exact) mass is 975 g/mol. The summed E-state index contributed by atoms with van der Waals surface area (Å²) in [6.07, 6.45) is -19.4. The van der Waals surface area contributed by atoms with Crippen molar-refractivity contribution >= 4 is 11.9 Å². The van der Waals surface area contributed by atoms with Crippen molar-refractivity contribution in [1.82, 2.24) is 0 Å². The van der Waals surface area contributed by atoms with Gasteiger partial charge in [0.25, 0.3) is 0 Å². The van der Waals surface area contributed by atoms with Crippen LogP contribution in [0.25, 0.3) is 0 Å². The number of esters is 1. The molecule has 0 aromatic carbocycles. The summed E-state index contributed by atoms with van der Waals surface area (Å²) < 4.78 is 34.6. The summed E-state index contributed by atoms with van der Waals surface area (Å²) in [6, 6.07) is 0. The van der Waals surface area contributed by atoms with Crippen molar-refractivity contribution in [3.8, 4) is 0 Å². The lowest BCUT2D eigenvalue weighted by atomic mass is 9.35. The number of carbonyl (C=O) groups is 2. The molecule has 20 nitrogen and oxygen atoms in total. The molecule has 4 aliphatic carbocycles. The number of fused-ring (bicyclic) bond motifs is 5. The number of carbonyl (C=O) groups excluding carboxylic acids is 1. The van der Waals surface area contributed by atoms with Gasteiger partial charge in [-0.2, -0.15) is 0 Å². The fourth-order valence-electron chi connectivity index (χ4n) is 14.5. The third kappa shape index (κ3) is 8.80. The zero-order valence-electron chi connectivity index (χ0n) is 40.2. The molecule has 0 radical (unpaired) electrons. The number of aliphatic carboxylic acids is 1. The molecule has 0 aromatic heterocycles. The molecule has 68 heavy (non-hydrogen) atoms. The molecule has 0 spiro atoms. The lowest BCUT2D eigenvalue weighted by Crippen LogP contribution is -2.66. The molecular weight excluding hydrogens is 897 g/mol. The molecule has 390 valence electrons. The summed E-state index contributed by atoms with van der Waals surface area (Å²) in [5.41, 5.74) is -3.49. The Morgan fingerprint density at radius 3 is 1.94 bits per heavy atom. The fraction of sp³-hybridized carbons (Fsp3) is 0.917. The second-order valence-corrected chi connectivity index (χ2v) is 22.4. The van der Waals surface area contributed by atoms with Crippen LogP contribution in [0.1, 0.15) is 113 Å². The van der Waals surface area contributed by atoms with Crippen LogP contribution in [-0.4, -0.2) is 190 Å². The van der Waals surface area contributed by atoms with Crippen LogP contribution < -0.4 is 0 Å². The lowest BCUT2D eigenvalue weighted by molar-refractivity contribution is -0.370. The van der Waals surface area contributed by atoms with Crippen molar-refractivity contribution < 1.29 is 99.3 Å². The van der Waals surface area contributed by atoms with E-state index in [2.05, 4.69) is 20.8 Å². The van der Waals surface area contributed by atoms with Crippen LogP contribution in [0, 0.1) is 45.3 Å². The zero-order chi connectivity index (χ0) is 50.2. The number of carboxylic acid groups (broad SMARTS) is 1. The van der Waals surface area contributed by atoms with Crippen molar-refractivity contribution in [1.29, 1.82) is 0 Å². The van der Waals surface area contributed by atoms with Gasteiger partial charge in [-0.25, -0.2) is 4.79 Å².